The zero-order valence-corrected chi connectivity index (χ0v) is 9.37. The molecule has 0 spiro atoms. The number of hydrogen-bond donors (Lipinski definition) is 2. The zero-order valence-electron chi connectivity index (χ0n) is 8.55. The van der Waals surface area contributed by atoms with E-state index in [9.17, 15) is 0 Å². The highest BCUT2D eigenvalue weighted by Crippen LogP contribution is 1.94. The zero-order chi connectivity index (χ0) is 10.2. The van der Waals surface area contributed by atoms with E-state index in [4.69, 9.17) is 5.73 Å². The van der Waals surface area contributed by atoms with Crippen LogP contribution in [-0.4, -0.2) is 15.4 Å². The van der Waals surface area contributed by atoms with Crippen LogP contribution < -0.4 is 5.73 Å². The van der Waals surface area contributed by atoms with E-state index in [0.29, 0.717) is 6.54 Å². The fraction of sp³-hybridized carbons (Fsp3) is 0.200. The van der Waals surface area contributed by atoms with E-state index in [2.05, 4.69) is 15.4 Å². The molecule has 0 saturated carbocycles. The van der Waals surface area contributed by atoms with Crippen molar-refractivity contribution in [3.8, 4) is 0 Å². The molecule has 2 aromatic rings. The molecule has 82 valence electrons. The molecule has 0 aliphatic rings. The van der Waals surface area contributed by atoms with Gasteiger partial charge >= 0.3 is 0 Å². The number of aromatic amines is 1. The summed E-state index contributed by atoms with van der Waals surface area (Å²) in [5.41, 5.74) is 7.46. The fourth-order valence-electron chi connectivity index (χ4n) is 0.873. The van der Waals surface area contributed by atoms with E-state index in [1.165, 1.54) is 5.56 Å². The van der Waals surface area contributed by atoms with Crippen LogP contribution in [0.3, 0.4) is 0 Å². The molecule has 1 heterocycles. The Kier molecular flexibility index (Phi) is 7.23. The number of aryl methyl sites for hydroxylation is 1. The Morgan fingerprint density at radius 1 is 1.27 bits per heavy atom. The Bertz CT molecular complexity index is 334. The quantitative estimate of drug-likeness (QED) is 0.778. The lowest BCUT2D eigenvalue weighted by molar-refractivity contribution is 0.928. The molecule has 3 N–H and O–H groups in total. The van der Waals surface area contributed by atoms with Gasteiger partial charge in [-0.3, -0.25) is 0 Å². The standard InChI is InChI=1S/C7H9N.C3H5N3.ClH/c8-6-7-4-2-1-3-5-7;1-3-2-4-6-5-3;/h1-5H,6,8H2;2H,1H3,(H,4,5,6);1H. The molecule has 0 atom stereocenters. The second-order valence-electron chi connectivity index (χ2n) is 2.80. The van der Waals surface area contributed by atoms with Crippen molar-refractivity contribution in [2.45, 2.75) is 13.5 Å². The van der Waals surface area contributed by atoms with Gasteiger partial charge in [0.05, 0.1) is 11.9 Å². The van der Waals surface area contributed by atoms with Crippen molar-refractivity contribution in [3.63, 3.8) is 0 Å². The number of nitrogens with zero attached hydrogens (tertiary/aromatic N) is 2. The lowest BCUT2D eigenvalue weighted by Gasteiger charge is -1.90. The number of halogens is 1. The Labute approximate surface area is 95.3 Å². The molecule has 4 nitrogen and oxygen atoms in total. The average Bonchev–Trinajstić information content (AvgIpc) is 2.71. The highest BCUT2D eigenvalue weighted by molar-refractivity contribution is 5.85. The number of hydrogen-bond acceptors (Lipinski definition) is 3. The normalized spacial score (nSPS) is 8.40. The van der Waals surface area contributed by atoms with Gasteiger partial charge < -0.3 is 5.73 Å². The number of nitrogens with two attached hydrogens (primary N) is 1. The molecule has 15 heavy (non-hydrogen) atoms. The number of nitrogens with one attached hydrogen (secondary N) is 1. The van der Waals surface area contributed by atoms with Crippen molar-refractivity contribution in [2.24, 2.45) is 5.73 Å². The van der Waals surface area contributed by atoms with E-state index in [1.807, 2.05) is 37.3 Å². The third kappa shape index (κ3) is 5.83. The molecule has 0 unspecified atom stereocenters. The lowest BCUT2D eigenvalue weighted by Crippen LogP contribution is -1.94. The largest absolute Gasteiger partial charge is 0.326 e. The first-order valence-electron chi connectivity index (χ1n) is 4.39. The summed E-state index contributed by atoms with van der Waals surface area (Å²) in [7, 11) is 0. The maximum atomic E-state index is 5.35. The molecular weight excluding hydrogens is 212 g/mol. The smallest absolute Gasteiger partial charge is 0.0793 e. The van der Waals surface area contributed by atoms with Crippen molar-refractivity contribution in [1.82, 2.24) is 15.4 Å². The molecule has 0 amide bonds. The van der Waals surface area contributed by atoms with Crippen LogP contribution in [0.4, 0.5) is 0 Å². The topological polar surface area (TPSA) is 67.6 Å². The van der Waals surface area contributed by atoms with Crippen molar-refractivity contribution in [2.75, 3.05) is 0 Å². The first kappa shape index (κ1) is 13.6. The summed E-state index contributed by atoms with van der Waals surface area (Å²) in [5.74, 6) is 0. The maximum absolute atomic E-state index is 5.35. The molecular formula is C10H15ClN4. The van der Waals surface area contributed by atoms with Crippen molar-refractivity contribution in [1.29, 1.82) is 0 Å². The summed E-state index contributed by atoms with van der Waals surface area (Å²) in [6.07, 6.45) is 1.67. The predicted octanol–water partition coefficient (Wildman–Crippen LogP) is 1.68. The first-order chi connectivity index (χ1) is 6.83. The van der Waals surface area contributed by atoms with Gasteiger partial charge in [-0.1, -0.05) is 30.3 Å². The minimum Gasteiger partial charge on any atom is -0.326 e. The molecule has 1 aromatic carbocycles. The summed E-state index contributed by atoms with van der Waals surface area (Å²) in [6, 6.07) is 9.99. The highest BCUT2D eigenvalue weighted by atomic mass is 35.5. The molecule has 1 aromatic heterocycles. The number of aromatic nitrogens is 3. The second kappa shape index (κ2) is 7.96. The summed E-state index contributed by atoms with van der Waals surface area (Å²) >= 11 is 0. The Morgan fingerprint density at radius 3 is 2.20 bits per heavy atom. The molecule has 0 bridgehead atoms. The van der Waals surface area contributed by atoms with Crippen LogP contribution in [-0.2, 0) is 6.54 Å². The molecule has 2 rings (SSSR count). The summed E-state index contributed by atoms with van der Waals surface area (Å²) in [6.45, 7) is 2.52. The van der Waals surface area contributed by atoms with Gasteiger partial charge in [0.15, 0.2) is 0 Å². The average molecular weight is 227 g/mol. The van der Waals surface area contributed by atoms with Gasteiger partial charge in [0.2, 0.25) is 0 Å². The van der Waals surface area contributed by atoms with E-state index < -0.39 is 0 Å². The number of rotatable bonds is 1. The molecule has 0 radical (unpaired) electrons. The van der Waals surface area contributed by atoms with E-state index in [1.54, 1.807) is 6.20 Å². The van der Waals surface area contributed by atoms with Gasteiger partial charge in [-0.25, -0.2) is 0 Å². The van der Waals surface area contributed by atoms with Gasteiger partial charge in [-0.15, -0.1) is 12.4 Å². The second-order valence-corrected chi connectivity index (χ2v) is 2.80. The minimum absolute atomic E-state index is 0. The molecule has 0 saturated heterocycles. The number of H-pyrrole nitrogens is 1. The van der Waals surface area contributed by atoms with Gasteiger partial charge in [-0.2, -0.15) is 15.4 Å². The summed E-state index contributed by atoms with van der Waals surface area (Å²) < 4.78 is 0. The Balaban J connectivity index is 0.000000253. The van der Waals surface area contributed by atoms with Crippen LogP contribution in [0.15, 0.2) is 36.5 Å². The van der Waals surface area contributed by atoms with Crippen LogP contribution in [0.25, 0.3) is 0 Å². The molecule has 0 fully saturated rings. The van der Waals surface area contributed by atoms with Gasteiger partial charge in [0.1, 0.15) is 0 Å². The Hall–Kier alpha value is -1.39. The summed E-state index contributed by atoms with van der Waals surface area (Å²) in [4.78, 5) is 0. The van der Waals surface area contributed by atoms with Crippen molar-refractivity contribution in [3.05, 3.63) is 47.8 Å². The van der Waals surface area contributed by atoms with Gasteiger partial charge in [-0.05, 0) is 12.5 Å². The summed E-state index contributed by atoms with van der Waals surface area (Å²) in [5, 5.41) is 9.70. The third-order valence-electron chi connectivity index (χ3n) is 1.61. The van der Waals surface area contributed by atoms with E-state index in [-0.39, 0.29) is 12.4 Å². The molecule has 0 aliphatic carbocycles. The minimum atomic E-state index is 0. The molecule has 5 heteroatoms. The van der Waals surface area contributed by atoms with Crippen LogP contribution in [0.1, 0.15) is 11.3 Å². The van der Waals surface area contributed by atoms with Gasteiger partial charge in [0, 0.05) is 6.54 Å². The van der Waals surface area contributed by atoms with E-state index in [0.717, 1.165) is 5.69 Å². The van der Waals surface area contributed by atoms with Crippen molar-refractivity contribution >= 4 is 12.4 Å². The van der Waals surface area contributed by atoms with Crippen LogP contribution in [0, 0.1) is 6.92 Å². The van der Waals surface area contributed by atoms with Crippen LogP contribution in [0.2, 0.25) is 0 Å². The van der Waals surface area contributed by atoms with Crippen LogP contribution >= 0.6 is 12.4 Å². The fourth-order valence-corrected chi connectivity index (χ4v) is 0.873. The number of benzene rings is 1. The SMILES string of the molecule is Cc1cn[nH]n1.Cl.NCc1ccccc1. The predicted molar refractivity (Wildman–Crippen MR) is 62.7 cm³/mol. The van der Waals surface area contributed by atoms with Gasteiger partial charge in [0.25, 0.3) is 0 Å². The third-order valence-corrected chi connectivity index (χ3v) is 1.61. The molecule has 0 aliphatic heterocycles. The lowest BCUT2D eigenvalue weighted by atomic mass is 10.2. The van der Waals surface area contributed by atoms with E-state index >= 15 is 0 Å². The Morgan fingerprint density at radius 2 is 1.93 bits per heavy atom. The first-order valence-corrected chi connectivity index (χ1v) is 4.39. The monoisotopic (exact) mass is 226 g/mol. The van der Waals surface area contributed by atoms with Crippen LogP contribution in [0.5, 0.6) is 0 Å². The van der Waals surface area contributed by atoms with Crippen molar-refractivity contribution < 1.29 is 0 Å². The highest BCUT2D eigenvalue weighted by Gasteiger charge is 1.80. The maximum Gasteiger partial charge on any atom is 0.0793 e.